The summed E-state index contributed by atoms with van der Waals surface area (Å²) < 4.78 is 29.1. The van der Waals surface area contributed by atoms with Crippen LogP contribution in [-0.2, 0) is 32.6 Å². The molecule has 0 radical (unpaired) electrons. The summed E-state index contributed by atoms with van der Waals surface area (Å²) in [5.41, 5.74) is 1.47. The van der Waals surface area contributed by atoms with Crippen LogP contribution in [0.15, 0.2) is 108 Å². The molecular formula is C34H34Cl3N3O4S. The number of nitrogens with zero attached hydrogens (tertiary/aromatic N) is 2. The number of unbranched alkanes of at least 4 members (excludes halogenated alkanes) is 1. The predicted molar refractivity (Wildman–Crippen MR) is 181 cm³/mol. The normalized spacial score (nSPS) is 11.9. The highest BCUT2D eigenvalue weighted by molar-refractivity contribution is 7.92. The Labute approximate surface area is 279 Å². The molecule has 45 heavy (non-hydrogen) atoms. The van der Waals surface area contributed by atoms with Gasteiger partial charge >= 0.3 is 0 Å². The molecule has 0 saturated heterocycles. The molecule has 7 nitrogen and oxygen atoms in total. The van der Waals surface area contributed by atoms with Crippen molar-refractivity contribution < 1.29 is 18.0 Å². The molecule has 0 bridgehead atoms. The molecule has 11 heteroatoms. The standard InChI is InChI=1S/C34H34Cl3N3O4S/c1-2-3-20-38-34(42)32(21-25-12-6-4-7-13-25)39(23-26-14-10-11-17-29(26)36)33(41)24-40(31-22-27(35)18-19-30(31)37)45(43,44)28-15-8-5-9-16-28/h4-19,22,32H,2-3,20-21,23-24H2,1H3,(H,38,42)/t32-/m0/s1. The molecule has 0 spiro atoms. The first kappa shape index (κ1) is 34.3. The Morgan fingerprint density at radius 1 is 0.822 bits per heavy atom. The number of sulfonamides is 1. The number of amides is 2. The predicted octanol–water partition coefficient (Wildman–Crippen LogP) is 7.40. The average molecular weight is 687 g/mol. The number of carbonyl (C=O) groups excluding carboxylic acids is 2. The van der Waals surface area contributed by atoms with E-state index in [1.54, 1.807) is 42.5 Å². The van der Waals surface area contributed by atoms with E-state index in [9.17, 15) is 18.0 Å². The molecule has 236 valence electrons. The Hall–Kier alpha value is -3.56. The zero-order chi connectivity index (χ0) is 32.4. The van der Waals surface area contributed by atoms with Gasteiger partial charge in [0.15, 0.2) is 0 Å². The fourth-order valence-electron chi connectivity index (χ4n) is 4.78. The summed E-state index contributed by atoms with van der Waals surface area (Å²) >= 11 is 19.3. The van der Waals surface area contributed by atoms with Crippen LogP contribution in [0.25, 0.3) is 0 Å². The van der Waals surface area contributed by atoms with Crippen molar-refractivity contribution in [2.24, 2.45) is 0 Å². The lowest BCUT2D eigenvalue weighted by atomic mass is 10.0. The molecular weight excluding hydrogens is 653 g/mol. The van der Waals surface area contributed by atoms with Gasteiger partial charge in [-0.2, -0.15) is 0 Å². The van der Waals surface area contributed by atoms with Crippen LogP contribution in [0.4, 0.5) is 5.69 Å². The second kappa shape index (κ2) is 16.1. The maximum atomic E-state index is 14.5. The zero-order valence-electron chi connectivity index (χ0n) is 24.7. The molecule has 0 aromatic heterocycles. The first-order chi connectivity index (χ1) is 21.6. The number of halogens is 3. The average Bonchev–Trinajstić information content (AvgIpc) is 3.04. The van der Waals surface area contributed by atoms with Crippen molar-refractivity contribution in [2.75, 3.05) is 17.4 Å². The fourth-order valence-corrected chi connectivity index (χ4v) is 6.86. The van der Waals surface area contributed by atoms with Crippen LogP contribution in [-0.4, -0.2) is 44.3 Å². The van der Waals surface area contributed by atoms with Crippen LogP contribution < -0.4 is 9.62 Å². The van der Waals surface area contributed by atoms with Gasteiger partial charge in [-0.25, -0.2) is 8.42 Å². The highest BCUT2D eigenvalue weighted by atomic mass is 35.5. The number of hydrogen-bond acceptors (Lipinski definition) is 4. The molecule has 1 atom stereocenters. The minimum atomic E-state index is -4.31. The van der Waals surface area contributed by atoms with Gasteiger partial charge in [-0.05, 0) is 53.9 Å². The Morgan fingerprint density at radius 2 is 1.47 bits per heavy atom. The molecule has 1 N–H and O–H groups in total. The summed E-state index contributed by atoms with van der Waals surface area (Å²) in [4.78, 5) is 29.7. The van der Waals surface area contributed by atoms with Gasteiger partial charge in [-0.3, -0.25) is 13.9 Å². The van der Waals surface area contributed by atoms with Crippen LogP contribution in [0.5, 0.6) is 0 Å². The van der Waals surface area contributed by atoms with E-state index in [0.29, 0.717) is 17.1 Å². The van der Waals surface area contributed by atoms with Crippen molar-refractivity contribution in [3.63, 3.8) is 0 Å². The number of benzene rings is 4. The summed E-state index contributed by atoms with van der Waals surface area (Å²) in [7, 11) is -4.31. The summed E-state index contributed by atoms with van der Waals surface area (Å²) in [5, 5.41) is 3.69. The van der Waals surface area contributed by atoms with Gasteiger partial charge in [0.2, 0.25) is 11.8 Å². The SMILES string of the molecule is CCCCNC(=O)[C@H](Cc1ccccc1)N(Cc1ccccc1Cl)C(=O)CN(c1cc(Cl)ccc1Cl)S(=O)(=O)c1ccccc1. The molecule has 2 amide bonds. The number of nitrogens with one attached hydrogen (secondary N) is 1. The molecule has 0 fully saturated rings. The number of carbonyl (C=O) groups is 2. The van der Waals surface area contributed by atoms with Gasteiger partial charge in [0, 0.05) is 29.6 Å². The summed E-state index contributed by atoms with van der Waals surface area (Å²) in [6.45, 7) is 1.75. The van der Waals surface area contributed by atoms with Crippen molar-refractivity contribution in [3.05, 3.63) is 129 Å². The maximum absolute atomic E-state index is 14.5. The van der Waals surface area contributed by atoms with Crippen molar-refractivity contribution in [1.82, 2.24) is 10.2 Å². The maximum Gasteiger partial charge on any atom is 0.264 e. The number of hydrogen-bond donors (Lipinski definition) is 1. The van der Waals surface area contributed by atoms with Crippen LogP contribution in [0.2, 0.25) is 15.1 Å². The van der Waals surface area contributed by atoms with E-state index in [2.05, 4.69) is 5.32 Å². The number of rotatable bonds is 14. The zero-order valence-corrected chi connectivity index (χ0v) is 27.8. The lowest BCUT2D eigenvalue weighted by molar-refractivity contribution is -0.140. The van der Waals surface area contributed by atoms with Crippen LogP contribution in [0.3, 0.4) is 0 Å². The molecule has 0 unspecified atom stereocenters. The minimum absolute atomic E-state index is 0.0334. The summed E-state index contributed by atoms with van der Waals surface area (Å²) in [6, 6.07) is 27.5. The van der Waals surface area contributed by atoms with E-state index in [0.717, 1.165) is 22.7 Å². The third kappa shape index (κ3) is 9.01. The molecule has 4 aromatic carbocycles. The van der Waals surface area contributed by atoms with E-state index in [1.807, 2.05) is 37.3 Å². The van der Waals surface area contributed by atoms with E-state index in [4.69, 9.17) is 34.8 Å². The summed E-state index contributed by atoms with van der Waals surface area (Å²) in [6.07, 6.45) is 1.83. The van der Waals surface area contributed by atoms with Crippen molar-refractivity contribution in [2.45, 2.75) is 43.7 Å². The van der Waals surface area contributed by atoms with Crippen LogP contribution in [0, 0.1) is 0 Å². The van der Waals surface area contributed by atoms with Gasteiger partial charge in [0.25, 0.3) is 10.0 Å². The van der Waals surface area contributed by atoms with Gasteiger partial charge in [-0.1, -0.05) is 115 Å². The molecule has 0 aliphatic rings. The highest BCUT2D eigenvalue weighted by Crippen LogP contribution is 2.33. The lowest BCUT2D eigenvalue weighted by Crippen LogP contribution is -2.53. The smallest absolute Gasteiger partial charge is 0.264 e. The Morgan fingerprint density at radius 3 is 2.13 bits per heavy atom. The molecule has 0 aliphatic heterocycles. The quantitative estimate of drug-likeness (QED) is 0.140. The minimum Gasteiger partial charge on any atom is -0.354 e. The monoisotopic (exact) mass is 685 g/mol. The molecule has 4 rings (SSSR count). The second-order valence-electron chi connectivity index (χ2n) is 10.4. The Balaban J connectivity index is 1.82. The highest BCUT2D eigenvalue weighted by Gasteiger charge is 2.35. The Bertz CT molecular complexity index is 1710. The van der Waals surface area contributed by atoms with Crippen LogP contribution >= 0.6 is 34.8 Å². The first-order valence-electron chi connectivity index (χ1n) is 14.5. The van der Waals surface area contributed by atoms with Gasteiger partial charge < -0.3 is 10.2 Å². The van der Waals surface area contributed by atoms with E-state index < -0.39 is 28.5 Å². The molecule has 4 aromatic rings. The van der Waals surface area contributed by atoms with Gasteiger partial charge in [0.1, 0.15) is 12.6 Å². The number of anilines is 1. The third-order valence-electron chi connectivity index (χ3n) is 7.19. The lowest BCUT2D eigenvalue weighted by Gasteiger charge is -2.34. The van der Waals surface area contributed by atoms with Crippen molar-refractivity contribution >= 4 is 62.3 Å². The van der Waals surface area contributed by atoms with Gasteiger partial charge in [-0.15, -0.1) is 0 Å². The van der Waals surface area contributed by atoms with E-state index in [-0.39, 0.29) is 39.5 Å². The largest absolute Gasteiger partial charge is 0.354 e. The molecule has 0 aliphatic carbocycles. The van der Waals surface area contributed by atoms with Gasteiger partial charge in [0.05, 0.1) is 15.6 Å². The third-order valence-corrected chi connectivity index (χ3v) is 9.88. The van der Waals surface area contributed by atoms with Crippen molar-refractivity contribution in [1.29, 1.82) is 0 Å². The first-order valence-corrected chi connectivity index (χ1v) is 17.1. The topological polar surface area (TPSA) is 86.8 Å². The molecule has 0 heterocycles. The van der Waals surface area contributed by atoms with E-state index in [1.165, 1.54) is 35.2 Å². The van der Waals surface area contributed by atoms with Crippen LogP contribution in [0.1, 0.15) is 30.9 Å². The molecule has 0 saturated carbocycles. The fraction of sp³-hybridized carbons (Fsp3) is 0.235. The van der Waals surface area contributed by atoms with E-state index >= 15 is 0 Å². The Kier molecular flexibility index (Phi) is 12.3. The second-order valence-corrected chi connectivity index (χ2v) is 13.5. The van der Waals surface area contributed by atoms with Crippen molar-refractivity contribution in [3.8, 4) is 0 Å². The summed E-state index contributed by atoms with van der Waals surface area (Å²) in [5.74, 6) is -0.983.